The molecule has 114 valence electrons. The number of nitro groups is 1. The summed E-state index contributed by atoms with van der Waals surface area (Å²) in [6.45, 7) is 1.77. The summed E-state index contributed by atoms with van der Waals surface area (Å²) in [5, 5.41) is 16.0. The van der Waals surface area contributed by atoms with Crippen molar-refractivity contribution in [3.05, 3.63) is 70.5 Å². The maximum Gasteiger partial charge on any atom is 0.270 e. The Balaban J connectivity index is 1.89. The molecule has 0 bridgehead atoms. The van der Waals surface area contributed by atoms with Crippen LogP contribution in [0.1, 0.15) is 12.5 Å². The largest absolute Gasteiger partial charge is 0.270 e. The molecule has 1 aromatic heterocycles. The van der Waals surface area contributed by atoms with Gasteiger partial charge in [-0.05, 0) is 19.1 Å². The van der Waals surface area contributed by atoms with Crippen LogP contribution in [0.25, 0.3) is 10.9 Å². The molecule has 0 atom stereocenters. The highest BCUT2D eigenvalue weighted by Crippen LogP contribution is 2.19. The number of hydrogen-bond acceptors (Lipinski definition) is 6. The highest BCUT2D eigenvalue weighted by Gasteiger charge is 2.08. The number of anilines is 1. The lowest BCUT2D eigenvalue weighted by Gasteiger charge is -2.05. The number of aromatic nitrogens is 2. The van der Waals surface area contributed by atoms with E-state index in [0.29, 0.717) is 17.1 Å². The van der Waals surface area contributed by atoms with Gasteiger partial charge in [0.25, 0.3) is 5.69 Å². The Kier molecular flexibility index (Phi) is 3.92. The summed E-state index contributed by atoms with van der Waals surface area (Å²) in [6.07, 6.45) is 1.46. The first kappa shape index (κ1) is 14.6. The predicted molar refractivity (Wildman–Crippen MR) is 88.5 cm³/mol. The van der Waals surface area contributed by atoms with E-state index in [0.717, 1.165) is 10.9 Å². The van der Waals surface area contributed by atoms with Crippen molar-refractivity contribution in [2.75, 3.05) is 5.43 Å². The molecule has 7 nitrogen and oxygen atoms in total. The fourth-order valence-electron chi connectivity index (χ4n) is 2.14. The van der Waals surface area contributed by atoms with E-state index in [2.05, 4.69) is 20.5 Å². The fraction of sp³-hybridized carbons (Fsp3) is 0.0625. The zero-order valence-electron chi connectivity index (χ0n) is 12.3. The third kappa shape index (κ3) is 3.13. The minimum Gasteiger partial charge on any atom is -0.260 e. The molecular weight excluding hydrogens is 294 g/mol. The number of rotatable bonds is 4. The molecule has 23 heavy (non-hydrogen) atoms. The summed E-state index contributed by atoms with van der Waals surface area (Å²) in [5.41, 5.74) is 5.04. The van der Waals surface area contributed by atoms with Gasteiger partial charge in [-0.25, -0.2) is 9.97 Å². The smallest absolute Gasteiger partial charge is 0.260 e. The van der Waals surface area contributed by atoms with Gasteiger partial charge >= 0.3 is 0 Å². The second-order valence-corrected chi connectivity index (χ2v) is 4.86. The van der Waals surface area contributed by atoms with Crippen molar-refractivity contribution in [2.45, 2.75) is 6.92 Å². The molecule has 3 rings (SSSR count). The van der Waals surface area contributed by atoms with Gasteiger partial charge in [-0.3, -0.25) is 15.5 Å². The number of nitro benzene ring substituents is 1. The van der Waals surface area contributed by atoms with E-state index in [4.69, 9.17) is 0 Å². The molecule has 1 N–H and O–H groups in total. The van der Waals surface area contributed by atoms with Crippen LogP contribution in [0, 0.1) is 10.1 Å². The monoisotopic (exact) mass is 307 g/mol. The average molecular weight is 307 g/mol. The van der Waals surface area contributed by atoms with Crippen molar-refractivity contribution in [1.82, 2.24) is 9.97 Å². The Morgan fingerprint density at radius 2 is 2.00 bits per heavy atom. The van der Waals surface area contributed by atoms with Gasteiger partial charge in [0, 0.05) is 23.1 Å². The van der Waals surface area contributed by atoms with Crippen LogP contribution in [0.2, 0.25) is 0 Å². The summed E-state index contributed by atoms with van der Waals surface area (Å²) in [4.78, 5) is 18.8. The Morgan fingerprint density at radius 3 is 2.83 bits per heavy atom. The molecular formula is C16H13N5O2. The number of benzene rings is 2. The molecule has 3 aromatic rings. The molecule has 0 saturated heterocycles. The van der Waals surface area contributed by atoms with Crippen LogP contribution in [-0.4, -0.2) is 20.6 Å². The Bertz CT molecular complexity index is 902. The molecule has 0 aliphatic heterocycles. The van der Waals surface area contributed by atoms with Gasteiger partial charge < -0.3 is 0 Å². The molecule has 2 aromatic carbocycles. The molecule has 0 aliphatic carbocycles. The van der Waals surface area contributed by atoms with E-state index in [1.165, 1.54) is 18.5 Å². The van der Waals surface area contributed by atoms with Crippen molar-refractivity contribution >= 4 is 28.1 Å². The van der Waals surface area contributed by atoms with Gasteiger partial charge in [0.1, 0.15) is 6.33 Å². The SMILES string of the molecule is C/C(=N/Nc1ncnc2ccccc12)c1cccc([N+](=O)[O-])c1. The molecule has 0 fully saturated rings. The molecule has 0 amide bonds. The van der Waals surface area contributed by atoms with Crippen molar-refractivity contribution < 1.29 is 4.92 Å². The van der Waals surface area contributed by atoms with Gasteiger partial charge in [0.15, 0.2) is 5.82 Å². The lowest BCUT2D eigenvalue weighted by Crippen LogP contribution is -2.02. The van der Waals surface area contributed by atoms with E-state index >= 15 is 0 Å². The van der Waals surface area contributed by atoms with Gasteiger partial charge in [0.2, 0.25) is 0 Å². The Hall–Kier alpha value is -3.35. The van der Waals surface area contributed by atoms with E-state index in [9.17, 15) is 10.1 Å². The standard InChI is InChI=1S/C16H13N5O2/c1-11(12-5-4-6-13(9-12)21(22)23)19-20-16-14-7-2-3-8-15(14)17-10-18-16/h2-10H,1H3,(H,17,18,20)/b19-11-. The number of fused-ring (bicyclic) bond motifs is 1. The second kappa shape index (κ2) is 6.18. The second-order valence-electron chi connectivity index (χ2n) is 4.86. The average Bonchev–Trinajstić information content (AvgIpc) is 2.59. The van der Waals surface area contributed by atoms with E-state index in [1.54, 1.807) is 19.1 Å². The van der Waals surface area contributed by atoms with Gasteiger partial charge in [-0.2, -0.15) is 5.10 Å². The highest BCUT2D eigenvalue weighted by atomic mass is 16.6. The predicted octanol–water partition coefficient (Wildman–Crippen LogP) is 3.37. The van der Waals surface area contributed by atoms with Gasteiger partial charge in [-0.1, -0.05) is 24.3 Å². The maximum absolute atomic E-state index is 10.8. The van der Waals surface area contributed by atoms with Crippen molar-refractivity contribution in [3.8, 4) is 0 Å². The van der Waals surface area contributed by atoms with Crippen molar-refractivity contribution in [2.24, 2.45) is 5.10 Å². The number of hydrogen-bond donors (Lipinski definition) is 1. The zero-order valence-corrected chi connectivity index (χ0v) is 12.3. The number of nitrogens with zero attached hydrogens (tertiary/aromatic N) is 4. The van der Waals surface area contributed by atoms with Gasteiger partial charge in [0.05, 0.1) is 16.2 Å². The number of para-hydroxylation sites is 1. The third-order valence-corrected chi connectivity index (χ3v) is 3.35. The molecule has 0 saturated carbocycles. The summed E-state index contributed by atoms with van der Waals surface area (Å²) >= 11 is 0. The van der Waals surface area contributed by atoms with Crippen LogP contribution in [0.5, 0.6) is 0 Å². The van der Waals surface area contributed by atoms with E-state index in [1.807, 2.05) is 24.3 Å². The first-order valence-electron chi connectivity index (χ1n) is 6.90. The number of non-ortho nitro benzene ring substituents is 1. The van der Waals surface area contributed by atoms with Crippen LogP contribution in [0.3, 0.4) is 0 Å². The lowest BCUT2D eigenvalue weighted by molar-refractivity contribution is -0.384. The maximum atomic E-state index is 10.8. The third-order valence-electron chi connectivity index (χ3n) is 3.35. The molecule has 0 spiro atoms. The summed E-state index contributed by atoms with van der Waals surface area (Å²) in [5.74, 6) is 0.584. The molecule has 0 unspecified atom stereocenters. The van der Waals surface area contributed by atoms with E-state index < -0.39 is 4.92 Å². The minimum absolute atomic E-state index is 0.0320. The first-order chi connectivity index (χ1) is 11.1. The number of nitrogens with one attached hydrogen (secondary N) is 1. The topological polar surface area (TPSA) is 93.3 Å². The highest BCUT2D eigenvalue weighted by molar-refractivity contribution is 6.00. The molecule has 7 heteroatoms. The van der Waals surface area contributed by atoms with Crippen LogP contribution in [-0.2, 0) is 0 Å². The summed E-state index contributed by atoms with van der Waals surface area (Å²) in [6, 6.07) is 13.9. The van der Waals surface area contributed by atoms with Crippen LogP contribution >= 0.6 is 0 Å². The molecule has 0 aliphatic rings. The Labute approximate surface area is 131 Å². The zero-order chi connectivity index (χ0) is 16.2. The Morgan fingerprint density at radius 1 is 1.17 bits per heavy atom. The van der Waals surface area contributed by atoms with Crippen LogP contribution < -0.4 is 5.43 Å². The fourth-order valence-corrected chi connectivity index (χ4v) is 2.14. The van der Waals surface area contributed by atoms with Crippen molar-refractivity contribution in [1.29, 1.82) is 0 Å². The summed E-state index contributed by atoms with van der Waals surface area (Å²) < 4.78 is 0. The van der Waals surface area contributed by atoms with Crippen LogP contribution in [0.15, 0.2) is 60.0 Å². The quantitative estimate of drug-likeness (QED) is 0.453. The molecule has 1 heterocycles. The van der Waals surface area contributed by atoms with Gasteiger partial charge in [-0.15, -0.1) is 0 Å². The van der Waals surface area contributed by atoms with Crippen LogP contribution in [0.4, 0.5) is 11.5 Å². The minimum atomic E-state index is -0.428. The first-order valence-corrected chi connectivity index (χ1v) is 6.90. The lowest BCUT2D eigenvalue weighted by atomic mass is 10.1. The normalized spacial score (nSPS) is 11.4. The molecule has 0 radical (unpaired) electrons. The van der Waals surface area contributed by atoms with E-state index in [-0.39, 0.29) is 5.69 Å². The number of hydrazone groups is 1. The van der Waals surface area contributed by atoms with Crippen molar-refractivity contribution in [3.63, 3.8) is 0 Å². The summed E-state index contributed by atoms with van der Waals surface area (Å²) in [7, 11) is 0.